The lowest BCUT2D eigenvalue weighted by Crippen LogP contribution is -2.40. The van der Waals surface area contributed by atoms with Crippen LogP contribution in [0.25, 0.3) is 16.0 Å². The molecule has 3 heterocycles. The van der Waals surface area contributed by atoms with Crippen LogP contribution in [-0.4, -0.2) is 48.0 Å². The Labute approximate surface area is 202 Å². The van der Waals surface area contributed by atoms with Crippen LogP contribution in [0, 0.1) is 12.8 Å². The van der Waals surface area contributed by atoms with E-state index in [1.807, 2.05) is 60.1 Å². The molecule has 2 aromatic carbocycles. The van der Waals surface area contributed by atoms with Crippen molar-refractivity contribution in [3.8, 4) is 17.2 Å². The summed E-state index contributed by atoms with van der Waals surface area (Å²) in [5, 5.41) is 8.67. The van der Waals surface area contributed by atoms with Gasteiger partial charge in [-0.25, -0.2) is 4.68 Å². The third-order valence-corrected chi connectivity index (χ3v) is 7.33. The summed E-state index contributed by atoms with van der Waals surface area (Å²) >= 11 is 1.64. The van der Waals surface area contributed by atoms with Gasteiger partial charge in [0.1, 0.15) is 11.5 Å². The topological polar surface area (TPSA) is 81.5 Å². The van der Waals surface area contributed by atoms with E-state index in [0.29, 0.717) is 6.54 Å². The van der Waals surface area contributed by atoms with Gasteiger partial charge in [-0.2, -0.15) is 10.1 Å². The summed E-state index contributed by atoms with van der Waals surface area (Å²) in [6.45, 7) is 3.54. The van der Waals surface area contributed by atoms with Crippen LogP contribution in [0.4, 0.5) is 10.8 Å². The number of thiazole rings is 1. The number of carbonyl (C=O) groups excluding carboxylic acids is 1. The predicted octanol–water partition coefficient (Wildman–Crippen LogP) is 4.66. The van der Waals surface area contributed by atoms with Crippen LogP contribution in [0.2, 0.25) is 0 Å². The molecule has 1 N–H and O–H groups in total. The van der Waals surface area contributed by atoms with Gasteiger partial charge in [-0.1, -0.05) is 11.3 Å². The Balaban J connectivity index is 1.34. The fourth-order valence-corrected chi connectivity index (χ4v) is 5.27. The molecular formula is C25H27N5O3S. The Morgan fingerprint density at radius 3 is 2.41 bits per heavy atom. The van der Waals surface area contributed by atoms with E-state index in [9.17, 15) is 4.79 Å². The SMILES string of the molecule is COc1ccc(NC(=O)[C@@H]2CCCN(c3nc4c(s3)c(C)nn4-c3ccc(OC)cc3)C2)cc1. The highest BCUT2D eigenvalue weighted by Crippen LogP contribution is 2.35. The van der Waals surface area contributed by atoms with E-state index in [-0.39, 0.29) is 11.8 Å². The Bertz CT molecular complexity index is 1300. The van der Waals surface area contributed by atoms with Crippen LogP contribution < -0.4 is 19.7 Å². The lowest BCUT2D eigenvalue weighted by molar-refractivity contribution is -0.120. The summed E-state index contributed by atoms with van der Waals surface area (Å²) in [4.78, 5) is 20.1. The molecule has 34 heavy (non-hydrogen) atoms. The van der Waals surface area contributed by atoms with Crippen LogP contribution in [0.3, 0.4) is 0 Å². The zero-order valence-corrected chi connectivity index (χ0v) is 20.3. The second-order valence-corrected chi connectivity index (χ2v) is 9.32. The number of ether oxygens (including phenoxy) is 2. The number of methoxy groups -OCH3 is 2. The summed E-state index contributed by atoms with van der Waals surface area (Å²) in [5.74, 6) is 1.51. The smallest absolute Gasteiger partial charge is 0.229 e. The van der Waals surface area contributed by atoms with Crippen LogP contribution in [0.5, 0.6) is 11.5 Å². The van der Waals surface area contributed by atoms with Gasteiger partial charge in [-0.3, -0.25) is 4.79 Å². The van der Waals surface area contributed by atoms with Gasteiger partial charge >= 0.3 is 0 Å². The minimum absolute atomic E-state index is 0.0385. The Morgan fingerprint density at radius 1 is 1.06 bits per heavy atom. The third kappa shape index (κ3) is 4.31. The Morgan fingerprint density at radius 2 is 1.74 bits per heavy atom. The van der Waals surface area contributed by atoms with Crippen molar-refractivity contribution >= 4 is 38.4 Å². The molecular weight excluding hydrogens is 450 g/mol. The van der Waals surface area contributed by atoms with Crippen molar-refractivity contribution in [1.29, 1.82) is 0 Å². The first-order valence-electron chi connectivity index (χ1n) is 11.3. The lowest BCUT2D eigenvalue weighted by Gasteiger charge is -2.31. The van der Waals surface area contributed by atoms with E-state index in [4.69, 9.17) is 19.6 Å². The number of aryl methyl sites for hydroxylation is 1. The zero-order valence-electron chi connectivity index (χ0n) is 19.4. The maximum atomic E-state index is 13.0. The molecule has 0 spiro atoms. The molecule has 1 aliphatic heterocycles. The first-order valence-corrected chi connectivity index (χ1v) is 12.1. The summed E-state index contributed by atoms with van der Waals surface area (Å²) in [7, 11) is 3.28. The molecule has 1 saturated heterocycles. The van der Waals surface area contributed by atoms with E-state index in [0.717, 1.165) is 63.4 Å². The number of benzene rings is 2. The standard InChI is InChI=1S/C25H27N5O3S/c1-16-22-23(30(28-16)19-8-12-21(33-3)13-9-19)27-25(34-22)29-14-4-5-17(15-29)24(31)26-18-6-10-20(32-2)11-7-18/h6-13,17H,4-5,14-15H2,1-3H3,(H,26,31)/t17-/m1/s1. The van der Waals surface area contributed by atoms with Crippen molar-refractivity contribution < 1.29 is 14.3 Å². The minimum atomic E-state index is -0.0953. The average Bonchev–Trinajstić information content (AvgIpc) is 3.45. The second kappa shape index (κ2) is 9.34. The number of amides is 1. The lowest BCUT2D eigenvalue weighted by atomic mass is 9.97. The molecule has 8 nitrogen and oxygen atoms in total. The average molecular weight is 478 g/mol. The van der Waals surface area contributed by atoms with Crippen LogP contribution >= 0.6 is 11.3 Å². The van der Waals surface area contributed by atoms with Gasteiger partial charge in [0.05, 0.1) is 36.2 Å². The molecule has 0 radical (unpaired) electrons. The van der Waals surface area contributed by atoms with Gasteiger partial charge in [-0.05, 0) is 68.3 Å². The molecule has 1 fully saturated rings. The van der Waals surface area contributed by atoms with E-state index in [2.05, 4.69) is 10.2 Å². The van der Waals surface area contributed by atoms with Crippen LogP contribution in [0.15, 0.2) is 48.5 Å². The third-order valence-electron chi connectivity index (χ3n) is 6.11. The van der Waals surface area contributed by atoms with Gasteiger partial charge in [0, 0.05) is 18.8 Å². The number of rotatable bonds is 6. The summed E-state index contributed by atoms with van der Waals surface area (Å²) in [6, 6.07) is 15.2. The van der Waals surface area contributed by atoms with Crippen molar-refractivity contribution in [1.82, 2.24) is 14.8 Å². The van der Waals surface area contributed by atoms with Crippen molar-refractivity contribution in [3.05, 3.63) is 54.2 Å². The van der Waals surface area contributed by atoms with E-state index < -0.39 is 0 Å². The molecule has 1 amide bonds. The molecule has 0 unspecified atom stereocenters. The van der Waals surface area contributed by atoms with Crippen molar-refractivity contribution in [2.24, 2.45) is 5.92 Å². The maximum absolute atomic E-state index is 13.0. The van der Waals surface area contributed by atoms with Gasteiger partial charge in [0.15, 0.2) is 10.8 Å². The number of nitrogens with one attached hydrogen (secondary N) is 1. The van der Waals surface area contributed by atoms with Crippen LogP contribution in [0.1, 0.15) is 18.5 Å². The molecule has 0 aliphatic carbocycles. The van der Waals surface area contributed by atoms with Gasteiger partial charge < -0.3 is 19.7 Å². The number of fused-ring (bicyclic) bond motifs is 1. The molecule has 1 atom stereocenters. The summed E-state index contributed by atoms with van der Waals surface area (Å²) in [6.07, 6.45) is 1.81. The monoisotopic (exact) mass is 477 g/mol. The molecule has 0 bridgehead atoms. The van der Waals surface area contributed by atoms with Gasteiger partial charge in [0.2, 0.25) is 5.91 Å². The van der Waals surface area contributed by atoms with E-state index in [1.165, 1.54) is 0 Å². The quantitative estimate of drug-likeness (QED) is 0.435. The fraction of sp³-hybridized carbons (Fsp3) is 0.320. The molecule has 1 aliphatic rings. The predicted molar refractivity (Wildman–Crippen MR) is 135 cm³/mol. The van der Waals surface area contributed by atoms with E-state index >= 15 is 0 Å². The summed E-state index contributed by atoms with van der Waals surface area (Å²) < 4.78 is 13.4. The first-order chi connectivity index (χ1) is 16.6. The molecule has 9 heteroatoms. The van der Waals surface area contributed by atoms with Crippen molar-refractivity contribution in [3.63, 3.8) is 0 Å². The number of hydrogen-bond acceptors (Lipinski definition) is 7. The number of piperidine rings is 1. The largest absolute Gasteiger partial charge is 0.497 e. The van der Waals surface area contributed by atoms with Crippen molar-refractivity contribution in [2.45, 2.75) is 19.8 Å². The number of nitrogens with zero attached hydrogens (tertiary/aromatic N) is 4. The molecule has 176 valence electrons. The highest BCUT2D eigenvalue weighted by atomic mass is 32.1. The Kier molecular flexibility index (Phi) is 6.10. The molecule has 5 rings (SSSR count). The first kappa shape index (κ1) is 22.2. The second-order valence-electron chi connectivity index (χ2n) is 8.35. The van der Waals surface area contributed by atoms with Crippen molar-refractivity contribution in [2.75, 3.05) is 37.5 Å². The highest BCUT2D eigenvalue weighted by Gasteiger charge is 2.28. The molecule has 0 saturated carbocycles. The minimum Gasteiger partial charge on any atom is -0.497 e. The number of hydrogen-bond donors (Lipinski definition) is 1. The normalized spacial score (nSPS) is 16.0. The Hall–Kier alpha value is -3.59. The zero-order chi connectivity index (χ0) is 23.7. The van der Waals surface area contributed by atoms with E-state index in [1.54, 1.807) is 25.6 Å². The molecule has 4 aromatic rings. The number of aromatic nitrogens is 3. The van der Waals surface area contributed by atoms with Gasteiger partial charge in [-0.15, -0.1) is 0 Å². The fourth-order valence-electron chi connectivity index (χ4n) is 4.25. The number of carbonyl (C=O) groups is 1. The maximum Gasteiger partial charge on any atom is 0.229 e. The molecule has 2 aromatic heterocycles. The number of anilines is 2. The van der Waals surface area contributed by atoms with Gasteiger partial charge in [0.25, 0.3) is 0 Å². The van der Waals surface area contributed by atoms with Crippen LogP contribution in [-0.2, 0) is 4.79 Å². The highest BCUT2D eigenvalue weighted by molar-refractivity contribution is 7.22. The summed E-state index contributed by atoms with van der Waals surface area (Å²) in [5.41, 5.74) is 3.50.